The summed E-state index contributed by atoms with van der Waals surface area (Å²) in [6.45, 7) is 1.53. The molecule has 4 aliphatic rings. The molecule has 0 aliphatic heterocycles. The van der Waals surface area contributed by atoms with Gasteiger partial charge in [-0.3, -0.25) is 23.4 Å². The van der Waals surface area contributed by atoms with Crippen molar-refractivity contribution >= 4 is 28.6 Å². The fourth-order valence-corrected chi connectivity index (χ4v) is 7.29. The van der Waals surface area contributed by atoms with E-state index in [0.29, 0.717) is 40.8 Å². The van der Waals surface area contributed by atoms with Gasteiger partial charge >= 0.3 is 5.97 Å². The number of hydrogen-bond donors (Lipinski definition) is 1. The van der Waals surface area contributed by atoms with Crippen molar-refractivity contribution in [1.82, 2.24) is 24.5 Å². The first-order valence-electron chi connectivity index (χ1n) is 11.6. The van der Waals surface area contributed by atoms with Crippen LogP contribution in [0.4, 0.5) is 0 Å². The van der Waals surface area contributed by atoms with Crippen LogP contribution in [0.5, 0.6) is 0 Å². The highest BCUT2D eigenvalue weighted by molar-refractivity contribution is 5.81. The van der Waals surface area contributed by atoms with Gasteiger partial charge in [-0.1, -0.05) is 12.1 Å². The number of aromatic nitrogens is 4. The quantitative estimate of drug-likeness (QED) is 0.611. The zero-order valence-electron chi connectivity index (χ0n) is 18.8. The van der Waals surface area contributed by atoms with Crippen LogP contribution < -0.4 is 10.9 Å². The summed E-state index contributed by atoms with van der Waals surface area (Å²) < 4.78 is 9.12. The Kier molecular flexibility index (Phi) is 4.25. The number of aryl methyl sites for hydroxylation is 1. The monoisotopic (exact) mass is 449 g/mol. The summed E-state index contributed by atoms with van der Waals surface area (Å²) in [5.41, 5.74) is -0.302. The van der Waals surface area contributed by atoms with Gasteiger partial charge in [0.2, 0.25) is 11.7 Å². The first-order chi connectivity index (χ1) is 15.8. The van der Waals surface area contributed by atoms with Crippen LogP contribution in [0, 0.1) is 17.3 Å². The normalized spacial score (nSPS) is 30.1. The summed E-state index contributed by atoms with van der Waals surface area (Å²) >= 11 is 0. The van der Waals surface area contributed by atoms with Gasteiger partial charge in [-0.15, -0.1) is 10.2 Å². The highest BCUT2D eigenvalue weighted by Crippen LogP contribution is 2.62. The topological polar surface area (TPSA) is 108 Å². The molecule has 4 saturated carbocycles. The summed E-state index contributed by atoms with van der Waals surface area (Å²) in [7, 11) is 1.66. The Labute approximate surface area is 190 Å². The summed E-state index contributed by atoms with van der Waals surface area (Å²) in [5, 5.41) is 12.2. The second-order valence-corrected chi connectivity index (χ2v) is 10.4. The van der Waals surface area contributed by atoms with Crippen LogP contribution in [0.3, 0.4) is 0 Å². The van der Waals surface area contributed by atoms with Crippen LogP contribution >= 0.6 is 0 Å². The molecule has 3 aromatic rings. The molecule has 2 aromatic heterocycles. The first-order valence-corrected chi connectivity index (χ1v) is 11.6. The lowest BCUT2D eigenvalue weighted by Crippen LogP contribution is -2.64. The number of para-hydroxylation sites is 1. The molecule has 9 heteroatoms. The molecule has 1 N–H and O–H groups in total. The molecule has 0 spiro atoms. The number of rotatable bonds is 4. The lowest BCUT2D eigenvalue weighted by Gasteiger charge is -2.60. The Hall–Kier alpha value is -3.23. The van der Waals surface area contributed by atoms with Crippen molar-refractivity contribution in [3.63, 3.8) is 0 Å². The van der Waals surface area contributed by atoms with Crippen molar-refractivity contribution in [1.29, 1.82) is 0 Å². The summed E-state index contributed by atoms with van der Waals surface area (Å²) in [4.78, 5) is 38.0. The van der Waals surface area contributed by atoms with Gasteiger partial charge in [0.1, 0.15) is 0 Å². The van der Waals surface area contributed by atoms with E-state index in [-0.39, 0.29) is 29.6 Å². The van der Waals surface area contributed by atoms with E-state index in [1.54, 1.807) is 24.4 Å². The Morgan fingerprint density at radius 3 is 2.61 bits per heavy atom. The maximum atomic E-state index is 13.5. The first kappa shape index (κ1) is 20.4. The average molecular weight is 450 g/mol. The zero-order chi connectivity index (χ0) is 23.0. The highest BCUT2D eigenvalue weighted by Gasteiger charge is 2.61. The van der Waals surface area contributed by atoms with Gasteiger partial charge in [0, 0.05) is 19.5 Å². The number of benzene rings is 1. The third-order valence-corrected chi connectivity index (χ3v) is 7.96. The fourth-order valence-electron chi connectivity index (χ4n) is 7.29. The number of carbonyl (C=O) groups excluding carboxylic acids is 2. The zero-order valence-corrected chi connectivity index (χ0v) is 18.8. The molecule has 4 bridgehead atoms. The van der Waals surface area contributed by atoms with E-state index in [0.717, 1.165) is 32.1 Å². The summed E-state index contributed by atoms with van der Waals surface area (Å²) in [6, 6.07) is 7.28. The summed E-state index contributed by atoms with van der Waals surface area (Å²) in [6.07, 6.45) is 5.32. The molecule has 172 valence electrons. The molecule has 0 radical (unpaired) electrons. The Bertz CT molecular complexity index is 1360. The largest absolute Gasteiger partial charge is 0.457 e. The molecule has 2 unspecified atom stereocenters. The molecule has 2 heterocycles. The van der Waals surface area contributed by atoms with E-state index in [1.807, 2.05) is 18.2 Å². The second-order valence-electron chi connectivity index (χ2n) is 10.4. The standard InChI is InChI=1S/C24H27N5O4/c1-14(30)25-24-10-15-7-16(11-24)9-23(8-15,13-24)21(32)33-12-19-26-27-22-28(2)20(31)17-5-3-4-6-18(17)29(19)22/h3-6,15-16H,7-13H2,1-2H3,(H,25,30). The molecule has 9 nitrogen and oxygen atoms in total. The van der Waals surface area contributed by atoms with Gasteiger partial charge < -0.3 is 10.1 Å². The lowest BCUT2D eigenvalue weighted by molar-refractivity contribution is -0.177. The fraction of sp³-hybridized carbons (Fsp3) is 0.542. The van der Waals surface area contributed by atoms with Gasteiger partial charge in [0.25, 0.3) is 5.56 Å². The average Bonchev–Trinajstić information content (AvgIpc) is 3.18. The molecule has 7 rings (SSSR count). The third kappa shape index (κ3) is 3.01. The van der Waals surface area contributed by atoms with Crippen molar-refractivity contribution < 1.29 is 14.3 Å². The number of ether oxygens (including phenoxy) is 1. The Morgan fingerprint density at radius 1 is 1.15 bits per heavy atom. The Balaban J connectivity index is 1.31. The van der Waals surface area contributed by atoms with Crippen molar-refractivity contribution in [2.45, 2.75) is 57.6 Å². The molecular formula is C24H27N5O4. The molecule has 2 atom stereocenters. The predicted octanol–water partition coefficient (Wildman–Crippen LogP) is 2.10. The predicted molar refractivity (Wildman–Crippen MR) is 119 cm³/mol. The third-order valence-electron chi connectivity index (χ3n) is 7.96. The van der Waals surface area contributed by atoms with E-state index < -0.39 is 5.41 Å². The second kappa shape index (κ2) is 6.88. The maximum absolute atomic E-state index is 13.5. The van der Waals surface area contributed by atoms with Gasteiger partial charge in [-0.05, 0) is 62.5 Å². The minimum Gasteiger partial charge on any atom is -0.457 e. The van der Waals surface area contributed by atoms with Crippen LogP contribution in [-0.2, 0) is 28.0 Å². The van der Waals surface area contributed by atoms with Crippen LogP contribution in [-0.4, -0.2) is 36.6 Å². The van der Waals surface area contributed by atoms with Crippen LogP contribution in [0.2, 0.25) is 0 Å². The maximum Gasteiger partial charge on any atom is 0.312 e. The van der Waals surface area contributed by atoms with Crippen LogP contribution in [0.25, 0.3) is 16.7 Å². The smallest absolute Gasteiger partial charge is 0.312 e. The van der Waals surface area contributed by atoms with Crippen molar-refractivity contribution in [3.05, 3.63) is 40.4 Å². The van der Waals surface area contributed by atoms with Crippen LogP contribution in [0.1, 0.15) is 51.3 Å². The van der Waals surface area contributed by atoms with E-state index in [4.69, 9.17) is 4.74 Å². The SMILES string of the molecule is CC(=O)NC12CC3CC(C1)CC(C(=O)OCc1nnc4n(C)c(=O)c5ccccc5n14)(C3)C2. The van der Waals surface area contributed by atoms with Gasteiger partial charge in [-0.25, -0.2) is 0 Å². The number of esters is 1. The number of amides is 1. The molecule has 4 aliphatic carbocycles. The van der Waals surface area contributed by atoms with Crippen LogP contribution in [0.15, 0.2) is 29.1 Å². The van der Waals surface area contributed by atoms with Crippen molar-refractivity contribution in [3.8, 4) is 0 Å². The molecular weight excluding hydrogens is 422 g/mol. The van der Waals surface area contributed by atoms with E-state index >= 15 is 0 Å². The minimum atomic E-state index is -0.554. The van der Waals surface area contributed by atoms with Gasteiger partial charge in [0.15, 0.2) is 12.4 Å². The molecule has 0 saturated heterocycles. The molecule has 33 heavy (non-hydrogen) atoms. The molecule has 4 fully saturated rings. The van der Waals surface area contributed by atoms with E-state index in [2.05, 4.69) is 15.5 Å². The van der Waals surface area contributed by atoms with E-state index in [1.165, 1.54) is 4.57 Å². The number of carbonyl (C=O) groups is 2. The Morgan fingerprint density at radius 2 is 1.88 bits per heavy atom. The molecule has 1 aromatic carbocycles. The minimum absolute atomic E-state index is 0.0214. The number of nitrogens with one attached hydrogen (secondary N) is 1. The highest BCUT2D eigenvalue weighted by atomic mass is 16.5. The number of fused-ring (bicyclic) bond motifs is 3. The number of nitrogens with zero attached hydrogens (tertiary/aromatic N) is 4. The summed E-state index contributed by atoms with van der Waals surface area (Å²) in [5.74, 6) is 1.52. The lowest BCUT2D eigenvalue weighted by atomic mass is 9.47. The van der Waals surface area contributed by atoms with Gasteiger partial charge in [0.05, 0.1) is 16.3 Å². The van der Waals surface area contributed by atoms with Crippen molar-refractivity contribution in [2.75, 3.05) is 0 Å². The van der Waals surface area contributed by atoms with E-state index in [9.17, 15) is 14.4 Å². The van der Waals surface area contributed by atoms with Gasteiger partial charge in [-0.2, -0.15) is 0 Å². The molecule has 1 amide bonds. The number of hydrogen-bond acceptors (Lipinski definition) is 6. The van der Waals surface area contributed by atoms with Crippen molar-refractivity contribution in [2.24, 2.45) is 24.3 Å².